The molecule has 1 unspecified atom stereocenters. The predicted molar refractivity (Wildman–Crippen MR) is 68.2 cm³/mol. The largest absolute Gasteiger partial charge is 0.505 e. The van der Waals surface area contributed by atoms with Crippen molar-refractivity contribution in [3.63, 3.8) is 0 Å². The summed E-state index contributed by atoms with van der Waals surface area (Å²) in [5.41, 5.74) is 6.06. The molecule has 5 nitrogen and oxygen atoms in total. The Hall–Kier alpha value is -1.62. The lowest BCUT2D eigenvalue weighted by atomic mass is 10.1. The highest BCUT2D eigenvalue weighted by molar-refractivity contribution is 5.96. The van der Waals surface area contributed by atoms with E-state index in [0.717, 1.165) is 25.7 Å². The van der Waals surface area contributed by atoms with E-state index in [4.69, 9.17) is 5.73 Å². The van der Waals surface area contributed by atoms with Crippen LogP contribution in [0.2, 0.25) is 0 Å². The van der Waals surface area contributed by atoms with Gasteiger partial charge in [-0.15, -0.1) is 0 Å². The first kappa shape index (κ1) is 12.8. The molecule has 1 atom stereocenters. The number of nitrogens with two attached hydrogens (primary N) is 1. The highest BCUT2D eigenvalue weighted by Crippen LogP contribution is 2.22. The molecule has 0 saturated carbocycles. The number of hydrogen-bond acceptors (Lipinski definition) is 4. The van der Waals surface area contributed by atoms with Crippen molar-refractivity contribution < 1.29 is 9.90 Å². The molecule has 2 heterocycles. The molecule has 1 aromatic heterocycles. The Morgan fingerprint density at radius 3 is 3.06 bits per heavy atom. The second-order valence-corrected chi connectivity index (χ2v) is 4.63. The van der Waals surface area contributed by atoms with E-state index >= 15 is 0 Å². The normalized spacial score (nSPS) is 20.5. The quantitative estimate of drug-likeness (QED) is 0.823. The van der Waals surface area contributed by atoms with Gasteiger partial charge in [0.2, 0.25) is 0 Å². The fourth-order valence-corrected chi connectivity index (χ4v) is 2.41. The molecule has 18 heavy (non-hydrogen) atoms. The van der Waals surface area contributed by atoms with Crippen LogP contribution in [0.5, 0.6) is 5.75 Å². The van der Waals surface area contributed by atoms with Crippen molar-refractivity contribution in [2.24, 2.45) is 5.73 Å². The fourth-order valence-electron chi connectivity index (χ4n) is 2.41. The second-order valence-electron chi connectivity index (χ2n) is 4.63. The van der Waals surface area contributed by atoms with Crippen LogP contribution in [0.15, 0.2) is 18.5 Å². The minimum absolute atomic E-state index is 0.0671. The van der Waals surface area contributed by atoms with Crippen molar-refractivity contribution in [3.8, 4) is 5.75 Å². The Morgan fingerprint density at radius 1 is 1.50 bits per heavy atom. The van der Waals surface area contributed by atoms with Crippen LogP contribution in [0.25, 0.3) is 0 Å². The average molecular weight is 249 g/mol. The van der Waals surface area contributed by atoms with Crippen molar-refractivity contribution in [1.82, 2.24) is 9.88 Å². The topological polar surface area (TPSA) is 79.5 Å². The van der Waals surface area contributed by atoms with Gasteiger partial charge in [0.05, 0.1) is 11.8 Å². The number of aromatic hydroxyl groups is 1. The molecule has 1 aromatic rings. The zero-order valence-electron chi connectivity index (χ0n) is 10.4. The molecule has 3 N–H and O–H groups in total. The predicted octanol–water partition coefficient (Wildman–Crippen LogP) is 1.13. The number of likely N-dealkylation sites (tertiary alicyclic amines) is 1. The van der Waals surface area contributed by atoms with Crippen molar-refractivity contribution in [3.05, 3.63) is 24.0 Å². The molecule has 1 saturated heterocycles. The van der Waals surface area contributed by atoms with Crippen LogP contribution in [-0.2, 0) is 0 Å². The molecule has 1 amide bonds. The Bertz CT molecular complexity index is 422. The molecule has 0 radical (unpaired) electrons. The van der Waals surface area contributed by atoms with Gasteiger partial charge in [-0.1, -0.05) is 12.8 Å². The molecule has 1 aliphatic heterocycles. The molecule has 1 fully saturated rings. The van der Waals surface area contributed by atoms with E-state index in [1.165, 1.54) is 12.4 Å². The van der Waals surface area contributed by atoms with E-state index in [9.17, 15) is 9.90 Å². The van der Waals surface area contributed by atoms with Crippen LogP contribution in [0.4, 0.5) is 0 Å². The Kier molecular flexibility index (Phi) is 4.15. The first-order valence-electron chi connectivity index (χ1n) is 6.38. The zero-order valence-corrected chi connectivity index (χ0v) is 10.4. The number of hydrogen-bond donors (Lipinski definition) is 2. The number of amides is 1. The molecule has 0 bridgehead atoms. The van der Waals surface area contributed by atoms with E-state index in [0.29, 0.717) is 18.7 Å². The molecule has 98 valence electrons. The van der Waals surface area contributed by atoms with Gasteiger partial charge >= 0.3 is 0 Å². The lowest BCUT2D eigenvalue weighted by molar-refractivity contribution is 0.0686. The number of pyridine rings is 1. The molecule has 1 aliphatic rings. The monoisotopic (exact) mass is 249 g/mol. The number of aromatic nitrogens is 1. The van der Waals surface area contributed by atoms with Gasteiger partial charge in [-0.05, 0) is 18.9 Å². The third-order valence-electron chi connectivity index (χ3n) is 3.44. The van der Waals surface area contributed by atoms with Crippen molar-refractivity contribution in [2.45, 2.75) is 31.7 Å². The van der Waals surface area contributed by atoms with E-state index < -0.39 is 0 Å². The molecule has 0 aromatic carbocycles. The molecule has 0 spiro atoms. The third-order valence-corrected chi connectivity index (χ3v) is 3.44. The van der Waals surface area contributed by atoms with E-state index in [-0.39, 0.29) is 17.7 Å². The summed E-state index contributed by atoms with van der Waals surface area (Å²) in [6, 6.07) is 1.63. The van der Waals surface area contributed by atoms with Crippen LogP contribution >= 0.6 is 0 Å². The van der Waals surface area contributed by atoms with E-state index in [1.54, 1.807) is 11.0 Å². The SMILES string of the molecule is NCC1CCCCCN1C(=O)c1ccncc1O. The highest BCUT2D eigenvalue weighted by atomic mass is 16.3. The maximum Gasteiger partial charge on any atom is 0.258 e. The number of nitrogens with zero attached hydrogens (tertiary/aromatic N) is 2. The molecule has 2 rings (SSSR count). The van der Waals surface area contributed by atoms with Crippen LogP contribution in [0.3, 0.4) is 0 Å². The van der Waals surface area contributed by atoms with Gasteiger partial charge < -0.3 is 15.7 Å². The number of carbonyl (C=O) groups is 1. The second kappa shape index (κ2) is 5.82. The van der Waals surface area contributed by atoms with Crippen molar-refractivity contribution in [2.75, 3.05) is 13.1 Å². The van der Waals surface area contributed by atoms with E-state index in [1.807, 2.05) is 0 Å². The summed E-state index contributed by atoms with van der Waals surface area (Å²) in [7, 11) is 0. The maximum atomic E-state index is 12.4. The lowest BCUT2D eigenvalue weighted by Crippen LogP contribution is -2.44. The summed E-state index contributed by atoms with van der Waals surface area (Å²) in [4.78, 5) is 18.0. The minimum atomic E-state index is -0.146. The van der Waals surface area contributed by atoms with Gasteiger partial charge in [0.25, 0.3) is 5.91 Å². The summed E-state index contributed by atoms with van der Waals surface area (Å²) < 4.78 is 0. The highest BCUT2D eigenvalue weighted by Gasteiger charge is 2.26. The summed E-state index contributed by atoms with van der Waals surface area (Å²) in [5, 5.41) is 9.70. The number of rotatable bonds is 2. The summed E-state index contributed by atoms with van der Waals surface area (Å²) >= 11 is 0. The van der Waals surface area contributed by atoms with Gasteiger partial charge in [0.1, 0.15) is 5.75 Å². The maximum absolute atomic E-state index is 12.4. The van der Waals surface area contributed by atoms with Crippen LogP contribution in [0.1, 0.15) is 36.0 Å². The molecule has 5 heteroatoms. The van der Waals surface area contributed by atoms with Crippen molar-refractivity contribution in [1.29, 1.82) is 0 Å². The van der Waals surface area contributed by atoms with Gasteiger partial charge in [-0.2, -0.15) is 0 Å². The Balaban J connectivity index is 2.23. The Labute approximate surface area is 107 Å². The summed E-state index contributed by atoms with van der Waals surface area (Å²) in [5.74, 6) is -0.213. The standard InChI is InChI=1S/C13H19N3O2/c14-8-10-4-2-1-3-7-16(10)13(18)11-5-6-15-9-12(11)17/h5-6,9-10,17H,1-4,7-8,14H2. The van der Waals surface area contributed by atoms with Crippen LogP contribution in [-0.4, -0.2) is 40.0 Å². The first-order chi connectivity index (χ1) is 8.74. The van der Waals surface area contributed by atoms with E-state index in [2.05, 4.69) is 4.98 Å². The van der Waals surface area contributed by atoms with Crippen molar-refractivity contribution >= 4 is 5.91 Å². The van der Waals surface area contributed by atoms with Gasteiger partial charge in [0.15, 0.2) is 0 Å². The summed E-state index contributed by atoms with van der Waals surface area (Å²) in [6.45, 7) is 1.18. The van der Waals surface area contributed by atoms with Gasteiger partial charge in [-0.3, -0.25) is 9.78 Å². The van der Waals surface area contributed by atoms with Crippen LogP contribution < -0.4 is 5.73 Å². The molecular weight excluding hydrogens is 230 g/mol. The minimum Gasteiger partial charge on any atom is -0.505 e. The summed E-state index contributed by atoms with van der Waals surface area (Å²) in [6.07, 6.45) is 6.98. The van der Waals surface area contributed by atoms with Gasteiger partial charge in [-0.25, -0.2) is 0 Å². The van der Waals surface area contributed by atoms with Crippen LogP contribution in [0, 0.1) is 0 Å². The molecular formula is C13H19N3O2. The fraction of sp³-hybridized carbons (Fsp3) is 0.538. The Morgan fingerprint density at radius 2 is 2.33 bits per heavy atom. The smallest absolute Gasteiger partial charge is 0.258 e. The first-order valence-corrected chi connectivity index (χ1v) is 6.38. The lowest BCUT2D eigenvalue weighted by Gasteiger charge is -2.29. The third kappa shape index (κ3) is 2.61. The molecule has 0 aliphatic carbocycles. The van der Waals surface area contributed by atoms with Gasteiger partial charge in [0, 0.05) is 25.3 Å². The average Bonchev–Trinajstić information content (AvgIpc) is 2.63. The zero-order chi connectivity index (χ0) is 13.0. The number of carbonyl (C=O) groups excluding carboxylic acids is 1.